The smallest absolute Gasteiger partial charge is 0.327 e. The predicted octanol–water partition coefficient (Wildman–Crippen LogP) is 5.18. The molecule has 1 aromatic carbocycles. The molecule has 0 saturated carbocycles. The van der Waals surface area contributed by atoms with E-state index in [1.54, 1.807) is 31.2 Å². The van der Waals surface area contributed by atoms with Crippen LogP contribution < -0.4 is 4.74 Å². The van der Waals surface area contributed by atoms with Crippen molar-refractivity contribution < 1.29 is 23.1 Å². The zero-order valence-electron chi connectivity index (χ0n) is 15.1. The number of hydrogen-bond donors (Lipinski definition) is 0. The van der Waals surface area contributed by atoms with Gasteiger partial charge in [-0.1, -0.05) is 38.8 Å². The fraction of sp³-hybridized carbons (Fsp3) is 0.611. The van der Waals surface area contributed by atoms with Crippen LogP contribution in [0.3, 0.4) is 0 Å². The minimum atomic E-state index is -3.01. The Kier molecular flexibility index (Phi) is 9.27. The Morgan fingerprint density at radius 3 is 2.12 bits per heavy atom. The third-order valence-electron chi connectivity index (χ3n) is 3.58. The van der Waals surface area contributed by atoms with E-state index in [0.29, 0.717) is 12.4 Å². The molecular formula is C18H29O5P. The van der Waals surface area contributed by atoms with Gasteiger partial charge in [0.25, 0.3) is 0 Å². The second-order valence-corrected chi connectivity index (χ2v) is 7.86. The molecule has 0 radical (unpaired) electrons. The quantitative estimate of drug-likeness (QED) is 0.310. The maximum Gasteiger partial charge on any atom is 0.327 e. The summed E-state index contributed by atoms with van der Waals surface area (Å²) in [5, 5.41) is 0. The summed E-state index contributed by atoms with van der Waals surface area (Å²) in [6.45, 7) is 7.90. The molecule has 0 fully saturated rings. The van der Waals surface area contributed by atoms with Crippen LogP contribution in [0, 0.1) is 5.92 Å². The summed E-state index contributed by atoms with van der Waals surface area (Å²) in [6, 6.07) is 7.05. The maximum atomic E-state index is 12.2. The lowest BCUT2D eigenvalue weighted by Gasteiger charge is -2.15. The molecule has 0 aliphatic rings. The van der Waals surface area contributed by atoms with E-state index in [4.69, 9.17) is 13.8 Å². The molecule has 1 aromatic rings. The summed E-state index contributed by atoms with van der Waals surface area (Å²) >= 11 is 0. The normalized spacial score (nSPS) is 13.7. The van der Waals surface area contributed by atoms with E-state index in [1.807, 2.05) is 0 Å². The van der Waals surface area contributed by atoms with Crippen LogP contribution in [0.25, 0.3) is 0 Å². The van der Waals surface area contributed by atoms with E-state index in [0.717, 1.165) is 31.2 Å². The highest BCUT2D eigenvalue weighted by Gasteiger charge is 2.19. The first kappa shape index (κ1) is 20.9. The second kappa shape index (κ2) is 10.7. The standard InChI is InChI=1S/C18H29O5P/c1-5-8-16(9-6-2)18(19)23-17-12-10-15(11-13-17)14-22-24(4,20)21-7-3/h10-13,16H,5-9,14H2,1-4H3. The largest absolute Gasteiger partial charge is 0.426 e. The number of hydrogen-bond acceptors (Lipinski definition) is 5. The molecule has 1 unspecified atom stereocenters. The molecule has 0 heterocycles. The Bertz CT molecular complexity index is 535. The Labute approximate surface area is 145 Å². The molecule has 0 aliphatic carbocycles. The molecule has 136 valence electrons. The van der Waals surface area contributed by atoms with Gasteiger partial charge in [-0.05, 0) is 37.5 Å². The van der Waals surface area contributed by atoms with Crippen LogP contribution in [0.4, 0.5) is 0 Å². The van der Waals surface area contributed by atoms with Gasteiger partial charge in [-0.25, -0.2) is 0 Å². The molecule has 1 atom stereocenters. The number of carbonyl (C=O) groups is 1. The molecule has 24 heavy (non-hydrogen) atoms. The highest BCUT2D eigenvalue weighted by molar-refractivity contribution is 7.52. The zero-order chi connectivity index (χ0) is 18.0. The number of esters is 1. The Hall–Kier alpha value is -1.16. The van der Waals surface area contributed by atoms with Crippen molar-refractivity contribution in [1.82, 2.24) is 0 Å². The van der Waals surface area contributed by atoms with Gasteiger partial charge in [0.15, 0.2) is 0 Å². The molecule has 0 spiro atoms. The van der Waals surface area contributed by atoms with Crippen LogP contribution in [0.5, 0.6) is 5.75 Å². The number of carbonyl (C=O) groups excluding carboxylic acids is 1. The van der Waals surface area contributed by atoms with Gasteiger partial charge >= 0.3 is 13.6 Å². The van der Waals surface area contributed by atoms with Gasteiger partial charge in [0.05, 0.1) is 19.1 Å². The Morgan fingerprint density at radius 2 is 1.62 bits per heavy atom. The molecular weight excluding hydrogens is 327 g/mol. The highest BCUT2D eigenvalue weighted by atomic mass is 31.2. The summed E-state index contributed by atoms with van der Waals surface area (Å²) in [5.41, 5.74) is 0.843. The van der Waals surface area contributed by atoms with Crippen LogP contribution in [0.2, 0.25) is 0 Å². The van der Waals surface area contributed by atoms with E-state index < -0.39 is 7.60 Å². The molecule has 0 aliphatic heterocycles. The van der Waals surface area contributed by atoms with E-state index in [9.17, 15) is 9.36 Å². The fourth-order valence-electron chi connectivity index (χ4n) is 2.39. The van der Waals surface area contributed by atoms with E-state index >= 15 is 0 Å². The number of ether oxygens (including phenoxy) is 1. The third-order valence-corrected chi connectivity index (χ3v) is 4.90. The van der Waals surface area contributed by atoms with Crippen molar-refractivity contribution in [1.29, 1.82) is 0 Å². The maximum absolute atomic E-state index is 12.2. The van der Waals surface area contributed by atoms with E-state index in [1.165, 1.54) is 6.66 Å². The SMILES string of the molecule is CCCC(CCC)C(=O)Oc1ccc(COP(C)(=O)OCC)cc1. The molecule has 1 rings (SSSR count). The van der Waals surface area contributed by atoms with Gasteiger partial charge in [0.2, 0.25) is 0 Å². The summed E-state index contributed by atoms with van der Waals surface area (Å²) in [7, 11) is -3.01. The van der Waals surface area contributed by atoms with Crippen molar-refractivity contribution >= 4 is 13.6 Å². The minimum Gasteiger partial charge on any atom is -0.426 e. The van der Waals surface area contributed by atoms with Gasteiger partial charge in [0.1, 0.15) is 5.75 Å². The summed E-state index contributed by atoms with van der Waals surface area (Å²) in [6.07, 6.45) is 3.63. The lowest BCUT2D eigenvalue weighted by Crippen LogP contribution is -2.20. The monoisotopic (exact) mass is 356 g/mol. The van der Waals surface area contributed by atoms with Crippen molar-refractivity contribution in [2.45, 2.75) is 53.1 Å². The van der Waals surface area contributed by atoms with E-state index in [2.05, 4.69) is 13.8 Å². The van der Waals surface area contributed by atoms with Gasteiger partial charge in [-0.2, -0.15) is 0 Å². The number of benzene rings is 1. The summed E-state index contributed by atoms with van der Waals surface area (Å²) < 4.78 is 27.7. The molecule has 0 bridgehead atoms. The van der Waals surface area contributed by atoms with Crippen LogP contribution in [-0.4, -0.2) is 19.2 Å². The molecule has 0 saturated heterocycles. The fourth-order valence-corrected chi connectivity index (χ4v) is 3.32. The Morgan fingerprint density at radius 1 is 1.04 bits per heavy atom. The van der Waals surface area contributed by atoms with Crippen molar-refractivity contribution in [2.24, 2.45) is 5.92 Å². The third kappa shape index (κ3) is 7.61. The van der Waals surface area contributed by atoms with Crippen molar-refractivity contribution in [3.8, 4) is 5.75 Å². The van der Waals surface area contributed by atoms with Crippen molar-refractivity contribution in [3.63, 3.8) is 0 Å². The van der Waals surface area contributed by atoms with Gasteiger partial charge in [-0.15, -0.1) is 0 Å². The zero-order valence-corrected chi connectivity index (χ0v) is 16.0. The van der Waals surface area contributed by atoms with Crippen LogP contribution in [0.15, 0.2) is 24.3 Å². The first-order valence-electron chi connectivity index (χ1n) is 8.59. The minimum absolute atomic E-state index is 0.0415. The lowest BCUT2D eigenvalue weighted by atomic mass is 9.99. The molecule has 0 N–H and O–H groups in total. The van der Waals surface area contributed by atoms with Gasteiger partial charge in [-0.3, -0.25) is 9.36 Å². The molecule has 5 nitrogen and oxygen atoms in total. The molecule has 6 heteroatoms. The van der Waals surface area contributed by atoms with Gasteiger partial charge in [0, 0.05) is 6.66 Å². The van der Waals surface area contributed by atoms with Crippen molar-refractivity contribution in [2.75, 3.05) is 13.3 Å². The second-order valence-electron chi connectivity index (χ2n) is 5.80. The molecule has 0 amide bonds. The van der Waals surface area contributed by atoms with Crippen molar-refractivity contribution in [3.05, 3.63) is 29.8 Å². The molecule has 0 aromatic heterocycles. The average Bonchev–Trinajstić information content (AvgIpc) is 2.54. The predicted molar refractivity (Wildman–Crippen MR) is 95.3 cm³/mol. The first-order valence-corrected chi connectivity index (χ1v) is 10.6. The van der Waals surface area contributed by atoms with Crippen LogP contribution >= 0.6 is 7.60 Å². The highest BCUT2D eigenvalue weighted by Crippen LogP contribution is 2.44. The summed E-state index contributed by atoms with van der Waals surface area (Å²) in [5.74, 6) is 0.308. The first-order chi connectivity index (χ1) is 11.4. The van der Waals surface area contributed by atoms with Gasteiger partial charge < -0.3 is 13.8 Å². The average molecular weight is 356 g/mol. The summed E-state index contributed by atoms with van der Waals surface area (Å²) in [4.78, 5) is 12.2. The van der Waals surface area contributed by atoms with E-state index in [-0.39, 0.29) is 18.5 Å². The van der Waals surface area contributed by atoms with Crippen LogP contribution in [-0.2, 0) is 25.0 Å². The number of rotatable bonds is 11. The lowest BCUT2D eigenvalue weighted by molar-refractivity contribution is -0.139. The van der Waals surface area contributed by atoms with Crippen LogP contribution in [0.1, 0.15) is 52.0 Å². The topological polar surface area (TPSA) is 61.8 Å². The Balaban J connectivity index is 2.57.